The molecule has 0 saturated heterocycles. The van der Waals surface area contributed by atoms with Gasteiger partial charge in [0.1, 0.15) is 11.4 Å². The molecule has 2 aromatic heterocycles. The van der Waals surface area contributed by atoms with Crippen LogP contribution in [0.3, 0.4) is 0 Å². The molecule has 0 aliphatic rings. The minimum atomic E-state index is -4.91. The van der Waals surface area contributed by atoms with Gasteiger partial charge < -0.3 is 19.2 Å². The molecular formula is C22H22F3N3O4. The fraction of sp³-hybridized carbons (Fsp3) is 0.318. The maximum atomic E-state index is 13.3. The Labute approximate surface area is 182 Å². The maximum absolute atomic E-state index is 13.3. The van der Waals surface area contributed by atoms with E-state index in [0.29, 0.717) is 5.75 Å². The Hall–Kier alpha value is -3.56. The number of pyridine rings is 1. The lowest BCUT2D eigenvalue weighted by Gasteiger charge is -2.22. The van der Waals surface area contributed by atoms with Crippen LogP contribution in [0.15, 0.2) is 47.0 Å². The fourth-order valence-electron chi connectivity index (χ4n) is 2.86. The number of aromatic nitrogens is 2. The fourth-order valence-corrected chi connectivity index (χ4v) is 2.86. The number of benzene rings is 1. The largest absolute Gasteiger partial charge is 0.460 e. The molecule has 0 amide bonds. The molecule has 0 unspecified atom stereocenters. The SMILES string of the molecule is CCOC(=O)c1oc(Nc2cccnc2Oc2ccccc2C(C)(C)C)nc1C(F)(F)F. The first-order chi connectivity index (χ1) is 15.0. The van der Waals surface area contributed by atoms with Crippen LogP contribution in [0, 0.1) is 0 Å². The molecule has 1 N–H and O–H groups in total. The number of anilines is 2. The predicted octanol–water partition coefficient (Wildman–Crippen LogP) is 6.10. The van der Waals surface area contributed by atoms with E-state index in [9.17, 15) is 18.0 Å². The highest BCUT2D eigenvalue weighted by Crippen LogP contribution is 2.38. The van der Waals surface area contributed by atoms with Crippen LogP contribution in [-0.4, -0.2) is 22.5 Å². The molecule has 0 saturated carbocycles. The lowest BCUT2D eigenvalue weighted by atomic mass is 9.86. The molecule has 2 heterocycles. The van der Waals surface area contributed by atoms with Gasteiger partial charge in [-0.15, -0.1) is 0 Å². The van der Waals surface area contributed by atoms with Crippen molar-refractivity contribution in [1.82, 2.24) is 9.97 Å². The predicted molar refractivity (Wildman–Crippen MR) is 110 cm³/mol. The third-order valence-corrected chi connectivity index (χ3v) is 4.27. The molecule has 0 fully saturated rings. The van der Waals surface area contributed by atoms with E-state index in [1.54, 1.807) is 18.2 Å². The van der Waals surface area contributed by atoms with E-state index in [1.807, 2.05) is 32.9 Å². The molecule has 170 valence electrons. The van der Waals surface area contributed by atoms with E-state index in [0.717, 1.165) is 5.56 Å². The van der Waals surface area contributed by atoms with E-state index >= 15 is 0 Å². The van der Waals surface area contributed by atoms with Crippen molar-refractivity contribution in [2.45, 2.75) is 39.3 Å². The average molecular weight is 449 g/mol. The van der Waals surface area contributed by atoms with Crippen molar-refractivity contribution in [3.63, 3.8) is 0 Å². The number of carbonyl (C=O) groups excluding carboxylic acids is 1. The molecule has 32 heavy (non-hydrogen) atoms. The molecule has 1 aromatic carbocycles. The third kappa shape index (κ3) is 5.19. The second kappa shape index (κ2) is 8.89. The number of para-hydroxylation sites is 1. The van der Waals surface area contributed by atoms with Crippen molar-refractivity contribution in [3.8, 4) is 11.6 Å². The highest BCUT2D eigenvalue weighted by atomic mass is 19.4. The van der Waals surface area contributed by atoms with Crippen molar-refractivity contribution in [3.05, 3.63) is 59.6 Å². The number of hydrogen-bond acceptors (Lipinski definition) is 7. The van der Waals surface area contributed by atoms with Gasteiger partial charge in [0.2, 0.25) is 11.6 Å². The zero-order valence-corrected chi connectivity index (χ0v) is 17.9. The van der Waals surface area contributed by atoms with Crippen LogP contribution in [0.4, 0.5) is 24.9 Å². The molecule has 7 nitrogen and oxygen atoms in total. The molecular weight excluding hydrogens is 427 g/mol. The van der Waals surface area contributed by atoms with E-state index in [-0.39, 0.29) is 23.6 Å². The number of nitrogens with zero attached hydrogens (tertiary/aromatic N) is 2. The molecule has 0 spiro atoms. The number of oxazole rings is 1. The monoisotopic (exact) mass is 449 g/mol. The molecule has 0 bridgehead atoms. The standard InChI is InChI=1S/C22H22F3N3O4/c1-5-30-19(29)16-17(22(23,24)25)28-20(32-16)27-14-10-8-12-26-18(14)31-15-11-7-6-9-13(15)21(2,3)4/h6-12H,5H2,1-4H3,(H,27,28). The summed E-state index contributed by atoms with van der Waals surface area (Å²) in [4.78, 5) is 19.5. The molecule has 0 aliphatic heterocycles. The van der Waals surface area contributed by atoms with Crippen LogP contribution in [0.5, 0.6) is 11.6 Å². The Kier molecular flexibility index (Phi) is 6.42. The minimum Gasteiger partial charge on any atom is -0.460 e. The van der Waals surface area contributed by atoms with Crippen LogP contribution in [-0.2, 0) is 16.3 Å². The minimum absolute atomic E-state index is 0.0913. The second-order valence-corrected chi connectivity index (χ2v) is 7.74. The summed E-state index contributed by atoms with van der Waals surface area (Å²) in [6.07, 6.45) is -3.44. The zero-order chi connectivity index (χ0) is 23.5. The summed E-state index contributed by atoms with van der Waals surface area (Å²) in [5.74, 6) is -1.67. The molecule has 0 radical (unpaired) electrons. The van der Waals surface area contributed by atoms with Gasteiger partial charge in [0.15, 0.2) is 5.69 Å². The summed E-state index contributed by atoms with van der Waals surface area (Å²) in [5.41, 5.74) is -0.598. The number of rotatable bonds is 6. The van der Waals surface area contributed by atoms with Crippen LogP contribution in [0.25, 0.3) is 0 Å². The van der Waals surface area contributed by atoms with Gasteiger partial charge in [-0.3, -0.25) is 0 Å². The molecule has 0 atom stereocenters. The van der Waals surface area contributed by atoms with Crippen LogP contribution in [0.2, 0.25) is 0 Å². The Balaban J connectivity index is 1.95. The second-order valence-electron chi connectivity index (χ2n) is 7.74. The normalized spacial score (nSPS) is 11.8. The summed E-state index contributed by atoms with van der Waals surface area (Å²) >= 11 is 0. The number of hydrogen-bond donors (Lipinski definition) is 1. The topological polar surface area (TPSA) is 86.5 Å². The Morgan fingerprint density at radius 1 is 1.12 bits per heavy atom. The number of halogens is 3. The van der Waals surface area contributed by atoms with Gasteiger partial charge in [0.05, 0.1) is 6.61 Å². The van der Waals surface area contributed by atoms with Gasteiger partial charge in [-0.1, -0.05) is 39.0 Å². The number of esters is 1. The highest BCUT2D eigenvalue weighted by molar-refractivity contribution is 5.88. The quantitative estimate of drug-likeness (QED) is 0.455. The van der Waals surface area contributed by atoms with Crippen molar-refractivity contribution < 1.29 is 31.9 Å². The summed E-state index contributed by atoms with van der Waals surface area (Å²) in [5, 5.41) is 2.61. The van der Waals surface area contributed by atoms with Crippen molar-refractivity contribution in [2.75, 3.05) is 11.9 Å². The van der Waals surface area contributed by atoms with Crippen LogP contribution in [0.1, 0.15) is 49.5 Å². The van der Waals surface area contributed by atoms with E-state index in [1.165, 1.54) is 19.2 Å². The number of alkyl halides is 3. The Bertz CT molecular complexity index is 1100. The Morgan fingerprint density at radius 3 is 2.50 bits per heavy atom. The first kappa shape index (κ1) is 23.1. The van der Waals surface area contributed by atoms with Gasteiger partial charge >= 0.3 is 18.2 Å². The van der Waals surface area contributed by atoms with Crippen molar-refractivity contribution in [1.29, 1.82) is 0 Å². The molecule has 0 aliphatic carbocycles. The van der Waals surface area contributed by atoms with Gasteiger partial charge in [0.25, 0.3) is 0 Å². The molecule has 10 heteroatoms. The average Bonchev–Trinajstić information content (AvgIpc) is 3.14. The Morgan fingerprint density at radius 2 is 1.84 bits per heavy atom. The zero-order valence-electron chi connectivity index (χ0n) is 17.9. The molecule has 3 rings (SSSR count). The van der Waals surface area contributed by atoms with Crippen LogP contribution < -0.4 is 10.1 Å². The summed E-state index contributed by atoms with van der Waals surface area (Å²) in [7, 11) is 0. The number of ether oxygens (including phenoxy) is 2. The smallest absolute Gasteiger partial charge is 0.437 e. The van der Waals surface area contributed by atoms with E-state index in [4.69, 9.17) is 9.15 Å². The number of nitrogens with one attached hydrogen (secondary N) is 1. The first-order valence-corrected chi connectivity index (χ1v) is 9.75. The van der Waals surface area contributed by atoms with Gasteiger partial charge in [0, 0.05) is 11.8 Å². The molecule has 3 aromatic rings. The van der Waals surface area contributed by atoms with Crippen LogP contribution >= 0.6 is 0 Å². The lowest BCUT2D eigenvalue weighted by molar-refractivity contribution is -0.141. The highest BCUT2D eigenvalue weighted by Gasteiger charge is 2.42. The summed E-state index contributed by atoms with van der Waals surface area (Å²) in [6.45, 7) is 7.42. The van der Waals surface area contributed by atoms with Gasteiger partial charge in [-0.25, -0.2) is 9.78 Å². The van der Waals surface area contributed by atoms with Gasteiger partial charge in [-0.05, 0) is 30.5 Å². The third-order valence-electron chi connectivity index (χ3n) is 4.27. The van der Waals surface area contributed by atoms with Crippen molar-refractivity contribution in [2.24, 2.45) is 0 Å². The number of carbonyl (C=O) groups is 1. The van der Waals surface area contributed by atoms with E-state index in [2.05, 4.69) is 20.0 Å². The summed E-state index contributed by atoms with van der Waals surface area (Å²) in [6, 6.07) is 9.91. The lowest BCUT2D eigenvalue weighted by Crippen LogP contribution is -2.14. The van der Waals surface area contributed by atoms with E-state index < -0.39 is 29.6 Å². The summed E-state index contributed by atoms with van der Waals surface area (Å²) < 4.78 is 55.6. The maximum Gasteiger partial charge on any atom is 0.437 e. The van der Waals surface area contributed by atoms with Crippen molar-refractivity contribution >= 4 is 17.7 Å². The first-order valence-electron chi connectivity index (χ1n) is 9.75. The van der Waals surface area contributed by atoms with Gasteiger partial charge in [-0.2, -0.15) is 18.2 Å².